The van der Waals surface area contributed by atoms with Gasteiger partial charge in [0.25, 0.3) is 0 Å². The van der Waals surface area contributed by atoms with E-state index >= 15 is 0 Å². The lowest BCUT2D eigenvalue weighted by atomic mass is 9.84. The average molecular weight is 526 g/mol. The number of furan rings is 1. The van der Waals surface area contributed by atoms with Gasteiger partial charge in [-0.05, 0) is 72.3 Å². The molecule has 1 heterocycles. The van der Waals surface area contributed by atoms with Crippen LogP contribution in [0.1, 0.15) is 6.85 Å². The van der Waals surface area contributed by atoms with Crippen LogP contribution in [0.5, 0.6) is 0 Å². The molecule has 0 fully saturated rings. The van der Waals surface area contributed by atoms with Gasteiger partial charge in [0, 0.05) is 16.3 Å². The minimum Gasteiger partial charge on any atom is -0.456 e. The second-order valence-corrected chi connectivity index (χ2v) is 10.5. The van der Waals surface area contributed by atoms with E-state index in [2.05, 4.69) is 72.8 Å². The molecule has 9 aromatic rings. The summed E-state index contributed by atoms with van der Waals surface area (Å²) in [5.41, 5.74) is 6.13. The molecule has 1 aromatic heterocycles. The zero-order valence-electron chi connectivity index (χ0n) is 26.9. The zero-order chi connectivity index (χ0) is 31.3. The lowest BCUT2D eigenvalue weighted by molar-refractivity contribution is 0.669. The maximum Gasteiger partial charge on any atom is 0.136 e. The normalized spacial score (nSPS) is 13.6. The molecule has 0 saturated carbocycles. The molecule has 0 aliphatic carbocycles. The average Bonchev–Trinajstić information content (AvgIpc) is 3.48. The number of hydrogen-bond donors (Lipinski definition) is 0. The molecule has 9 rings (SSSR count). The minimum absolute atomic E-state index is 0.172. The van der Waals surface area contributed by atoms with Crippen LogP contribution in [0.4, 0.5) is 0 Å². The SMILES string of the molecule is [2H]c1c([2H])c([2H])c(-c2ccc3oc4ccccc4c3c2-c2ccc3ccc4c(-c5ccccc5)ccc5ccc2c3c54)c([2H])c1[2H]. The lowest BCUT2D eigenvalue weighted by Gasteiger charge is -2.18. The van der Waals surface area contributed by atoms with Crippen LogP contribution in [0.25, 0.3) is 87.6 Å². The van der Waals surface area contributed by atoms with Crippen LogP contribution in [0.3, 0.4) is 0 Å². The quantitative estimate of drug-likeness (QED) is 0.209. The third-order valence-corrected chi connectivity index (χ3v) is 8.33. The number of fused-ring (bicyclic) bond motifs is 3. The van der Waals surface area contributed by atoms with E-state index < -0.39 is 6.04 Å². The summed E-state index contributed by atoms with van der Waals surface area (Å²) >= 11 is 0. The third-order valence-electron chi connectivity index (χ3n) is 8.33. The molecule has 1 nitrogen and oxygen atoms in total. The van der Waals surface area contributed by atoms with Gasteiger partial charge in [0.05, 0.1) is 6.85 Å². The van der Waals surface area contributed by atoms with E-state index in [9.17, 15) is 0 Å². The molecule has 1 heteroatoms. The second kappa shape index (κ2) is 8.55. The fourth-order valence-corrected chi connectivity index (χ4v) is 6.58. The smallest absolute Gasteiger partial charge is 0.136 e. The molecule has 0 bridgehead atoms. The monoisotopic (exact) mass is 525 g/mol. The molecular formula is C40H24O. The largest absolute Gasteiger partial charge is 0.456 e. The highest BCUT2D eigenvalue weighted by Gasteiger charge is 2.21. The van der Waals surface area contributed by atoms with E-state index in [1.165, 1.54) is 5.39 Å². The fraction of sp³-hybridized carbons (Fsp3) is 0. The zero-order valence-corrected chi connectivity index (χ0v) is 21.9. The third kappa shape index (κ3) is 3.24. The summed E-state index contributed by atoms with van der Waals surface area (Å²) in [5.74, 6) is 0. The van der Waals surface area contributed by atoms with Crippen LogP contribution in [-0.4, -0.2) is 0 Å². The maximum atomic E-state index is 8.91. The Morgan fingerprint density at radius 2 is 1.05 bits per heavy atom. The van der Waals surface area contributed by atoms with Gasteiger partial charge in [0.1, 0.15) is 11.2 Å². The summed E-state index contributed by atoms with van der Waals surface area (Å²) < 4.78 is 49.3. The van der Waals surface area contributed by atoms with Gasteiger partial charge >= 0.3 is 0 Å². The van der Waals surface area contributed by atoms with Crippen molar-refractivity contribution in [1.82, 2.24) is 0 Å². The molecule has 0 atom stereocenters. The van der Waals surface area contributed by atoms with Crippen LogP contribution in [0, 0.1) is 0 Å². The summed E-state index contributed by atoms with van der Waals surface area (Å²) in [6, 6.07) is 37.6. The molecule has 41 heavy (non-hydrogen) atoms. The molecule has 0 spiro atoms. The van der Waals surface area contributed by atoms with Crippen LogP contribution in [-0.2, 0) is 0 Å². The summed E-state index contributed by atoms with van der Waals surface area (Å²) in [5, 5.41) is 8.48. The Balaban J connectivity index is 1.46. The Bertz CT molecular complexity index is 2660. The Morgan fingerprint density at radius 1 is 0.415 bits per heavy atom. The maximum absolute atomic E-state index is 8.91. The van der Waals surface area contributed by atoms with Gasteiger partial charge in [0.2, 0.25) is 0 Å². The number of para-hydroxylation sites is 1. The molecule has 0 aliphatic rings. The topological polar surface area (TPSA) is 13.1 Å². The molecule has 0 radical (unpaired) electrons. The lowest BCUT2D eigenvalue weighted by Crippen LogP contribution is -1.92. The van der Waals surface area contributed by atoms with Crippen molar-refractivity contribution in [2.24, 2.45) is 0 Å². The summed E-state index contributed by atoms with van der Waals surface area (Å²) in [6.45, 7) is 0. The Kier molecular flexibility index (Phi) is 3.76. The predicted octanol–water partition coefficient (Wildman–Crippen LogP) is 11.5. The highest BCUT2D eigenvalue weighted by Crippen LogP contribution is 2.47. The molecule has 8 aromatic carbocycles. The first-order chi connectivity index (χ1) is 22.4. The van der Waals surface area contributed by atoms with Gasteiger partial charge in [-0.2, -0.15) is 0 Å². The Morgan fingerprint density at radius 3 is 1.83 bits per heavy atom. The van der Waals surface area contributed by atoms with E-state index in [-0.39, 0.29) is 29.7 Å². The van der Waals surface area contributed by atoms with Crippen LogP contribution < -0.4 is 0 Å². The van der Waals surface area contributed by atoms with Crippen LogP contribution in [0.15, 0.2) is 150 Å². The first kappa shape index (κ1) is 18.0. The van der Waals surface area contributed by atoms with E-state index in [1.807, 2.05) is 42.5 Å². The van der Waals surface area contributed by atoms with Gasteiger partial charge in [0.15, 0.2) is 0 Å². The molecule has 0 unspecified atom stereocenters. The van der Waals surface area contributed by atoms with Crippen molar-refractivity contribution in [3.63, 3.8) is 0 Å². The molecule has 0 amide bonds. The second-order valence-electron chi connectivity index (χ2n) is 10.5. The molecule has 0 saturated heterocycles. The van der Waals surface area contributed by atoms with Crippen LogP contribution in [0.2, 0.25) is 0 Å². The van der Waals surface area contributed by atoms with E-state index in [1.54, 1.807) is 0 Å². The minimum atomic E-state index is -0.410. The fourth-order valence-electron chi connectivity index (χ4n) is 6.58. The van der Waals surface area contributed by atoms with Crippen molar-refractivity contribution in [2.75, 3.05) is 0 Å². The van der Waals surface area contributed by atoms with Gasteiger partial charge in [-0.15, -0.1) is 0 Å². The van der Waals surface area contributed by atoms with Crippen molar-refractivity contribution in [3.05, 3.63) is 145 Å². The van der Waals surface area contributed by atoms with Gasteiger partial charge in [-0.25, -0.2) is 0 Å². The van der Waals surface area contributed by atoms with Crippen molar-refractivity contribution in [1.29, 1.82) is 0 Å². The van der Waals surface area contributed by atoms with Crippen molar-refractivity contribution >= 4 is 54.3 Å². The van der Waals surface area contributed by atoms with Gasteiger partial charge in [-0.1, -0.05) is 133 Å². The first-order valence-electron chi connectivity index (χ1n) is 16.2. The molecule has 0 N–H and O–H groups in total. The van der Waals surface area contributed by atoms with E-state index in [0.29, 0.717) is 11.1 Å². The summed E-state index contributed by atoms with van der Waals surface area (Å²) in [6.07, 6.45) is 0. The van der Waals surface area contributed by atoms with E-state index in [4.69, 9.17) is 11.3 Å². The highest BCUT2D eigenvalue weighted by molar-refractivity contribution is 6.29. The number of hydrogen-bond acceptors (Lipinski definition) is 1. The number of rotatable bonds is 3. The van der Waals surface area contributed by atoms with Crippen molar-refractivity contribution in [2.45, 2.75) is 0 Å². The van der Waals surface area contributed by atoms with Crippen molar-refractivity contribution < 1.29 is 11.3 Å². The Labute approximate surface area is 244 Å². The Hall–Kier alpha value is -5.40. The standard InChI is InChI=1S/C40H24O/c1-3-9-25(10-4-1)29-19-15-27-17-21-32-33(22-18-28-16-20-31(29)37(27)38(28)32)39-30(26-11-5-2-6-12-26)23-24-36-40(39)34-13-7-8-14-35(34)41-36/h1-24H/i2D,5D,6D,11D,12D. The van der Waals surface area contributed by atoms with E-state index in [0.717, 1.165) is 65.5 Å². The van der Waals surface area contributed by atoms with Crippen molar-refractivity contribution in [3.8, 4) is 33.4 Å². The molecule has 190 valence electrons. The summed E-state index contributed by atoms with van der Waals surface area (Å²) in [4.78, 5) is 0. The molecular weight excluding hydrogens is 496 g/mol. The van der Waals surface area contributed by atoms with Gasteiger partial charge in [-0.3, -0.25) is 0 Å². The van der Waals surface area contributed by atoms with Crippen LogP contribution >= 0.6 is 0 Å². The highest BCUT2D eigenvalue weighted by atomic mass is 16.3. The number of benzene rings is 8. The molecule has 0 aliphatic heterocycles. The summed E-state index contributed by atoms with van der Waals surface area (Å²) in [7, 11) is 0. The predicted molar refractivity (Wildman–Crippen MR) is 174 cm³/mol. The van der Waals surface area contributed by atoms with Gasteiger partial charge < -0.3 is 4.42 Å². The first-order valence-corrected chi connectivity index (χ1v) is 13.7.